The van der Waals surface area contributed by atoms with Crippen molar-refractivity contribution in [1.82, 2.24) is 0 Å². The second-order valence-electron chi connectivity index (χ2n) is 10.3. The van der Waals surface area contributed by atoms with Gasteiger partial charge in [-0.25, -0.2) is 0 Å². The third kappa shape index (κ3) is 10.1. The van der Waals surface area contributed by atoms with Crippen molar-refractivity contribution >= 4 is 29.2 Å². The molecule has 4 aromatic carbocycles. The van der Waals surface area contributed by atoms with Gasteiger partial charge in [-0.15, -0.1) is 47.6 Å². The first-order valence-electron chi connectivity index (χ1n) is 13.4. The van der Waals surface area contributed by atoms with E-state index in [2.05, 4.69) is 142 Å². The van der Waals surface area contributed by atoms with Crippen LogP contribution in [0.15, 0.2) is 115 Å². The maximum Gasteiger partial charge on any atom is 0.0406 e. The van der Waals surface area contributed by atoms with Gasteiger partial charge in [0.2, 0.25) is 0 Å². The summed E-state index contributed by atoms with van der Waals surface area (Å²) in [7, 11) is 0. The molecular formula is C36H35Cl3SiZr-2. The van der Waals surface area contributed by atoms with Crippen LogP contribution in [0.1, 0.15) is 56.3 Å². The summed E-state index contributed by atoms with van der Waals surface area (Å²) < 4.78 is 0. The summed E-state index contributed by atoms with van der Waals surface area (Å²) in [5.41, 5.74) is 11.0. The van der Waals surface area contributed by atoms with E-state index in [4.69, 9.17) is 11.6 Å². The molecule has 0 saturated heterocycles. The average molecular weight is 693 g/mol. The van der Waals surface area contributed by atoms with Gasteiger partial charge in [-0.3, -0.25) is 0 Å². The Labute approximate surface area is 278 Å². The van der Waals surface area contributed by atoms with E-state index in [9.17, 15) is 0 Å². The summed E-state index contributed by atoms with van der Waals surface area (Å²) in [5.74, 6) is 0.705. The van der Waals surface area contributed by atoms with Crippen LogP contribution >= 0.6 is 11.6 Å². The van der Waals surface area contributed by atoms with E-state index in [0.29, 0.717) is 11.8 Å². The Morgan fingerprint density at radius 1 is 0.659 bits per heavy atom. The smallest absolute Gasteiger partial charge is 0.0406 e. The molecule has 2 aliphatic carbocycles. The number of halogens is 3. The second kappa shape index (κ2) is 17.3. The molecule has 0 aliphatic heterocycles. The fourth-order valence-corrected chi connectivity index (χ4v) is 5.14. The van der Waals surface area contributed by atoms with Crippen LogP contribution in [0.4, 0.5) is 0 Å². The molecule has 0 heterocycles. The Morgan fingerprint density at radius 2 is 1.07 bits per heavy atom. The van der Waals surface area contributed by atoms with Gasteiger partial charge in [0.1, 0.15) is 0 Å². The van der Waals surface area contributed by atoms with E-state index in [1.807, 2.05) is 12.1 Å². The minimum Gasteiger partial charge on any atom is -1.00 e. The van der Waals surface area contributed by atoms with E-state index in [0.717, 1.165) is 5.02 Å². The third-order valence-corrected chi connectivity index (χ3v) is 6.89. The molecule has 210 valence electrons. The molecule has 4 aromatic rings. The van der Waals surface area contributed by atoms with Crippen LogP contribution in [-0.2, 0) is 23.3 Å². The summed E-state index contributed by atoms with van der Waals surface area (Å²) in [6.45, 7) is 8.92. The molecule has 5 heteroatoms. The van der Waals surface area contributed by atoms with Gasteiger partial charge in [-0.1, -0.05) is 92.2 Å². The molecule has 0 aromatic heterocycles. The van der Waals surface area contributed by atoms with Crippen LogP contribution in [0, 0.1) is 13.8 Å². The zero-order valence-electron chi connectivity index (χ0n) is 23.9. The van der Waals surface area contributed by atoms with Crippen LogP contribution in [0.3, 0.4) is 0 Å². The Kier molecular flexibility index (Phi) is 14.8. The quantitative estimate of drug-likeness (QED) is 0.217. The molecule has 0 radical (unpaired) electrons. The maximum atomic E-state index is 5.96. The molecule has 2 atom stereocenters. The largest absolute Gasteiger partial charge is 1.00 e. The topological polar surface area (TPSA) is 0 Å². The van der Waals surface area contributed by atoms with Crippen molar-refractivity contribution < 1.29 is 48.1 Å². The van der Waals surface area contributed by atoms with Gasteiger partial charge in [0.15, 0.2) is 0 Å². The number of fused-ring (bicyclic) bond motifs is 2. The zero-order valence-corrected chi connectivity index (χ0v) is 29.6. The van der Waals surface area contributed by atoms with Crippen LogP contribution in [-0.4, -0.2) is 5.43 Å². The summed E-state index contributed by atoms with van der Waals surface area (Å²) >= 11 is 7.70. The molecule has 6 rings (SSSR count). The molecule has 41 heavy (non-hydrogen) atoms. The molecule has 0 fully saturated rings. The number of allylic oxidation sites excluding steroid dienone is 6. The Bertz CT molecular complexity index is 1510. The van der Waals surface area contributed by atoms with Crippen molar-refractivity contribution in [3.05, 3.63) is 165 Å². The predicted molar refractivity (Wildman–Crippen MR) is 169 cm³/mol. The normalized spacial score (nSPS) is 15.8. The molecule has 0 bridgehead atoms. The van der Waals surface area contributed by atoms with Crippen LogP contribution in [0.5, 0.6) is 0 Å². The van der Waals surface area contributed by atoms with Gasteiger partial charge in [-0.2, -0.15) is 34.4 Å². The Balaban J connectivity index is 0.000000244. The fourth-order valence-electron chi connectivity index (χ4n) is 5.01. The summed E-state index contributed by atoms with van der Waals surface area (Å²) in [6.07, 6.45) is 17.4. The number of benzene rings is 2. The fraction of sp³-hybridized carbons (Fsp3) is 0.167. The van der Waals surface area contributed by atoms with Gasteiger partial charge in [-0.05, 0) is 35.1 Å². The van der Waals surface area contributed by atoms with Crippen molar-refractivity contribution in [3.63, 3.8) is 0 Å². The van der Waals surface area contributed by atoms with Gasteiger partial charge < -0.3 is 24.8 Å². The van der Waals surface area contributed by atoms with Crippen molar-refractivity contribution in [2.75, 3.05) is 0 Å². The molecule has 0 N–H and O–H groups in total. The summed E-state index contributed by atoms with van der Waals surface area (Å²) in [5, 5.41) is 0.786. The van der Waals surface area contributed by atoms with E-state index >= 15 is 0 Å². The van der Waals surface area contributed by atoms with Crippen LogP contribution < -0.4 is 24.8 Å². The van der Waals surface area contributed by atoms with Gasteiger partial charge in [0.25, 0.3) is 0 Å². The minimum atomic E-state index is 0. The minimum absolute atomic E-state index is 0. The molecule has 0 nitrogen and oxygen atoms in total. The zero-order chi connectivity index (χ0) is 27.8. The average Bonchev–Trinajstić information content (AvgIpc) is 3.32. The van der Waals surface area contributed by atoms with Crippen LogP contribution in [0.2, 0.25) is 18.1 Å². The molecule has 0 amide bonds. The SMILES string of the molecule is C[Si](C)=[Zr+2].Cc1cc2c([cH-]1)C=CC=CC2c1ccc(Cl)cc1.Cc1cc2c([cH-]1)C=CC=CC2c1ccccc1.[Cl-].[Cl-]. The first-order valence-corrected chi connectivity index (χ1v) is 19.9. The van der Waals surface area contributed by atoms with E-state index in [-0.39, 0.29) is 30.2 Å². The first kappa shape index (κ1) is 35.3. The third-order valence-electron chi connectivity index (χ3n) is 6.64. The van der Waals surface area contributed by atoms with E-state index < -0.39 is 0 Å². The number of rotatable bonds is 2. The van der Waals surface area contributed by atoms with Crippen molar-refractivity contribution in [2.24, 2.45) is 0 Å². The second-order valence-corrected chi connectivity index (χ2v) is 20.1. The maximum absolute atomic E-state index is 5.96. The van der Waals surface area contributed by atoms with E-state index in [1.54, 1.807) is 23.3 Å². The number of hydrogen-bond donors (Lipinski definition) is 0. The number of hydrogen-bond acceptors (Lipinski definition) is 0. The molecule has 2 unspecified atom stereocenters. The van der Waals surface area contributed by atoms with Gasteiger partial charge in [0, 0.05) is 5.02 Å². The first-order chi connectivity index (χ1) is 18.8. The summed E-state index contributed by atoms with van der Waals surface area (Å²) in [6, 6.07) is 27.9. The van der Waals surface area contributed by atoms with E-state index in [1.165, 1.54) is 44.5 Å². The molecule has 0 saturated carbocycles. The standard InChI is InChI=1S/C17H14Cl.C17H15.C2H6Si.2ClH.Zr/c1-12-10-14-4-2-3-5-16(17(14)11-12)13-6-8-15(18)9-7-13;1-13-11-15-9-5-6-10-16(17(15)12-13)14-7-3-2-4-8-14;1-3-2;;;/h2-11,16H,1H3;2-12,16H,1H3;1-2H3;2*1H;/q2*-1;;;;+2/p-2. The Morgan fingerprint density at radius 3 is 1.51 bits per heavy atom. The monoisotopic (exact) mass is 690 g/mol. The van der Waals surface area contributed by atoms with Gasteiger partial charge in [0.05, 0.1) is 0 Å². The molecular weight excluding hydrogens is 658 g/mol. The molecule has 0 spiro atoms. The van der Waals surface area contributed by atoms with Crippen LogP contribution in [0.25, 0.3) is 12.2 Å². The van der Waals surface area contributed by atoms with Gasteiger partial charge >= 0.3 is 41.9 Å². The predicted octanol–water partition coefficient (Wildman–Crippen LogP) is 4.30. The summed E-state index contributed by atoms with van der Waals surface area (Å²) in [4.78, 5) is 0. The van der Waals surface area contributed by atoms with Crippen molar-refractivity contribution in [2.45, 2.75) is 38.8 Å². The Hall–Kier alpha value is -1.93. The molecule has 2 aliphatic rings. The van der Waals surface area contributed by atoms with Crippen molar-refractivity contribution in [3.8, 4) is 0 Å². The van der Waals surface area contributed by atoms with Crippen molar-refractivity contribution in [1.29, 1.82) is 0 Å². The number of aryl methyl sites for hydroxylation is 2.